The predicted molar refractivity (Wildman–Crippen MR) is 106 cm³/mol. The molecule has 2 aromatic rings. The van der Waals surface area contributed by atoms with Gasteiger partial charge in [0.25, 0.3) is 0 Å². The molecule has 0 aliphatic rings. The number of methoxy groups -OCH3 is 2. The molecule has 27 heavy (non-hydrogen) atoms. The Hall–Kier alpha value is -3.34. The molecule has 2 aromatic carbocycles. The molecule has 0 aliphatic heterocycles. The third-order valence-corrected chi connectivity index (χ3v) is 3.33. The average Bonchev–Trinajstić information content (AvgIpc) is 2.68. The molecule has 0 unspecified atom stereocenters. The molecule has 0 aliphatic carbocycles. The molecule has 0 aromatic heterocycles. The molecule has 0 saturated carbocycles. The predicted octanol–water partition coefficient (Wildman–Crippen LogP) is 4.61. The van der Waals surface area contributed by atoms with E-state index in [0.29, 0.717) is 28.4 Å². The van der Waals surface area contributed by atoms with Crippen molar-refractivity contribution in [1.82, 2.24) is 0 Å². The standard InChI is InChI=1S/C18H18O4.C4H6O/c1-12(2)18(19)22-15-8-5-13(6-9-15)14-7-10-16(20-3)17(11-14)21-4;1-4(2)3-5/h5-11H,1H2,2-4H3;3H,1H2,2H3. The van der Waals surface area contributed by atoms with Crippen molar-refractivity contribution in [2.24, 2.45) is 0 Å². The minimum absolute atomic E-state index is 0.365. The minimum Gasteiger partial charge on any atom is -0.493 e. The van der Waals surface area contributed by atoms with Gasteiger partial charge in [-0.15, -0.1) is 0 Å². The number of allylic oxidation sites excluding steroid dienone is 1. The molecule has 0 spiro atoms. The Bertz CT molecular complexity index is 819. The molecule has 2 rings (SSSR count). The highest BCUT2D eigenvalue weighted by molar-refractivity contribution is 5.88. The zero-order valence-corrected chi connectivity index (χ0v) is 16.1. The summed E-state index contributed by atoms with van der Waals surface area (Å²) in [4.78, 5) is 20.9. The molecule has 0 heterocycles. The quantitative estimate of drug-likeness (QED) is 0.322. The van der Waals surface area contributed by atoms with Gasteiger partial charge in [0.1, 0.15) is 12.0 Å². The smallest absolute Gasteiger partial charge is 0.338 e. The fourth-order valence-electron chi connectivity index (χ4n) is 1.93. The number of hydrogen-bond donors (Lipinski definition) is 0. The Morgan fingerprint density at radius 2 is 1.41 bits per heavy atom. The number of rotatable bonds is 6. The minimum atomic E-state index is -0.432. The van der Waals surface area contributed by atoms with Crippen molar-refractivity contribution >= 4 is 12.3 Å². The van der Waals surface area contributed by atoms with Crippen LogP contribution in [0.15, 0.2) is 66.8 Å². The molecular weight excluding hydrogens is 344 g/mol. The first-order valence-electron chi connectivity index (χ1n) is 8.13. The second kappa shape index (κ2) is 10.6. The summed E-state index contributed by atoms with van der Waals surface area (Å²) in [5, 5.41) is 0. The van der Waals surface area contributed by atoms with E-state index in [1.165, 1.54) is 0 Å². The third-order valence-electron chi connectivity index (χ3n) is 3.33. The fraction of sp³-hybridized carbons (Fsp3) is 0.182. The van der Waals surface area contributed by atoms with Crippen LogP contribution in [0.2, 0.25) is 0 Å². The summed E-state index contributed by atoms with van der Waals surface area (Å²) >= 11 is 0. The Morgan fingerprint density at radius 1 is 0.889 bits per heavy atom. The lowest BCUT2D eigenvalue weighted by atomic mass is 10.1. The van der Waals surface area contributed by atoms with Gasteiger partial charge in [0.2, 0.25) is 0 Å². The van der Waals surface area contributed by atoms with Crippen LogP contribution in [0.5, 0.6) is 17.2 Å². The van der Waals surface area contributed by atoms with Crippen LogP contribution in [-0.2, 0) is 9.59 Å². The van der Waals surface area contributed by atoms with Gasteiger partial charge in [-0.2, -0.15) is 0 Å². The van der Waals surface area contributed by atoms with E-state index in [1.807, 2.05) is 30.3 Å². The highest BCUT2D eigenvalue weighted by Gasteiger charge is 2.08. The van der Waals surface area contributed by atoms with E-state index in [4.69, 9.17) is 14.2 Å². The lowest BCUT2D eigenvalue weighted by molar-refractivity contribution is -0.130. The van der Waals surface area contributed by atoms with Crippen LogP contribution in [0.4, 0.5) is 0 Å². The van der Waals surface area contributed by atoms with Crippen molar-refractivity contribution in [3.63, 3.8) is 0 Å². The van der Waals surface area contributed by atoms with Crippen LogP contribution >= 0.6 is 0 Å². The number of carbonyl (C=O) groups is 2. The number of benzene rings is 2. The van der Waals surface area contributed by atoms with Gasteiger partial charge in [0.05, 0.1) is 14.2 Å². The van der Waals surface area contributed by atoms with E-state index in [2.05, 4.69) is 13.2 Å². The molecule has 5 heteroatoms. The highest BCUT2D eigenvalue weighted by Crippen LogP contribution is 2.32. The summed E-state index contributed by atoms with van der Waals surface area (Å²) in [6.45, 7) is 10.1. The van der Waals surface area contributed by atoms with E-state index in [-0.39, 0.29) is 0 Å². The molecular formula is C22H24O5. The number of esters is 1. The summed E-state index contributed by atoms with van der Waals surface area (Å²) in [5.41, 5.74) is 2.90. The van der Waals surface area contributed by atoms with Gasteiger partial charge < -0.3 is 14.2 Å². The van der Waals surface area contributed by atoms with Gasteiger partial charge in [-0.05, 0) is 54.8 Å². The summed E-state index contributed by atoms with van der Waals surface area (Å²) in [7, 11) is 3.20. The first-order valence-corrected chi connectivity index (χ1v) is 8.13. The lowest BCUT2D eigenvalue weighted by Gasteiger charge is -2.10. The van der Waals surface area contributed by atoms with E-state index in [1.54, 1.807) is 40.2 Å². The van der Waals surface area contributed by atoms with Crippen molar-refractivity contribution < 1.29 is 23.8 Å². The number of ether oxygens (including phenoxy) is 3. The van der Waals surface area contributed by atoms with Crippen molar-refractivity contribution in [3.05, 3.63) is 66.8 Å². The van der Waals surface area contributed by atoms with Gasteiger partial charge in [0.15, 0.2) is 11.5 Å². The Balaban J connectivity index is 0.000000646. The summed E-state index contributed by atoms with van der Waals surface area (Å²) in [6.07, 6.45) is 0.722. The maximum absolute atomic E-state index is 11.5. The lowest BCUT2D eigenvalue weighted by Crippen LogP contribution is -2.07. The van der Waals surface area contributed by atoms with Crippen molar-refractivity contribution in [1.29, 1.82) is 0 Å². The summed E-state index contributed by atoms with van der Waals surface area (Å²) in [5.74, 6) is 1.40. The monoisotopic (exact) mass is 368 g/mol. The molecule has 0 fully saturated rings. The molecule has 142 valence electrons. The number of hydrogen-bond acceptors (Lipinski definition) is 5. The van der Waals surface area contributed by atoms with Crippen molar-refractivity contribution in [3.8, 4) is 28.4 Å². The normalized spacial score (nSPS) is 9.33. The van der Waals surface area contributed by atoms with Gasteiger partial charge in [-0.3, -0.25) is 4.79 Å². The van der Waals surface area contributed by atoms with Gasteiger partial charge in [-0.25, -0.2) is 4.79 Å². The summed E-state index contributed by atoms with van der Waals surface area (Å²) < 4.78 is 15.7. The molecule has 5 nitrogen and oxygen atoms in total. The number of aldehydes is 1. The molecule has 0 saturated heterocycles. The Kier molecular flexibility index (Phi) is 8.53. The van der Waals surface area contributed by atoms with E-state index in [0.717, 1.165) is 17.4 Å². The van der Waals surface area contributed by atoms with Crippen LogP contribution in [0.1, 0.15) is 13.8 Å². The first kappa shape index (κ1) is 21.7. The maximum atomic E-state index is 11.5. The van der Waals surface area contributed by atoms with Crippen LogP contribution in [0, 0.1) is 0 Å². The zero-order valence-electron chi connectivity index (χ0n) is 16.1. The highest BCUT2D eigenvalue weighted by atomic mass is 16.5. The Morgan fingerprint density at radius 3 is 1.85 bits per heavy atom. The van der Waals surface area contributed by atoms with Gasteiger partial charge >= 0.3 is 5.97 Å². The summed E-state index contributed by atoms with van der Waals surface area (Å²) in [6, 6.07) is 12.9. The average molecular weight is 368 g/mol. The SMILES string of the molecule is C=C(C)C(=O)Oc1ccc(-c2ccc(OC)c(OC)c2)cc1.C=C(C)C=O. The van der Waals surface area contributed by atoms with Crippen molar-refractivity contribution in [2.75, 3.05) is 14.2 Å². The van der Waals surface area contributed by atoms with Crippen LogP contribution in [0.3, 0.4) is 0 Å². The van der Waals surface area contributed by atoms with Crippen LogP contribution in [-0.4, -0.2) is 26.5 Å². The molecule has 0 amide bonds. The third kappa shape index (κ3) is 6.82. The largest absolute Gasteiger partial charge is 0.493 e. The van der Waals surface area contributed by atoms with E-state index < -0.39 is 5.97 Å². The molecule has 0 N–H and O–H groups in total. The topological polar surface area (TPSA) is 61.8 Å². The second-order valence-corrected chi connectivity index (χ2v) is 5.73. The fourth-order valence-corrected chi connectivity index (χ4v) is 1.93. The maximum Gasteiger partial charge on any atom is 0.338 e. The second-order valence-electron chi connectivity index (χ2n) is 5.73. The van der Waals surface area contributed by atoms with Gasteiger partial charge in [-0.1, -0.05) is 31.4 Å². The Labute approximate surface area is 159 Å². The molecule has 0 bridgehead atoms. The number of carbonyl (C=O) groups excluding carboxylic acids is 2. The van der Waals surface area contributed by atoms with E-state index in [9.17, 15) is 9.59 Å². The van der Waals surface area contributed by atoms with Crippen LogP contribution < -0.4 is 14.2 Å². The molecule has 0 atom stereocenters. The first-order chi connectivity index (χ1) is 12.8. The zero-order chi connectivity index (χ0) is 20.4. The van der Waals surface area contributed by atoms with Crippen molar-refractivity contribution in [2.45, 2.75) is 13.8 Å². The van der Waals surface area contributed by atoms with Gasteiger partial charge in [0, 0.05) is 5.57 Å². The van der Waals surface area contributed by atoms with E-state index >= 15 is 0 Å². The molecule has 0 radical (unpaired) electrons. The van der Waals surface area contributed by atoms with Crippen LogP contribution in [0.25, 0.3) is 11.1 Å².